The summed E-state index contributed by atoms with van der Waals surface area (Å²) in [5, 5.41) is -1.25. The minimum absolute atomic E-state index is 0.157. The van der Waals surface area contributed by atoms with Crippen molar-refractivity contribution in [2.24, 2.45) is 5.84 Å². The molecule has 0 fully saturated rings. The molecule has 1 rings (SSSR count). The molecule has 0 aromatic carbocycles. The van der Waals surface area contributed by atoms with E-state index in [1.165, 1.54) is 16.7 Å². The SMILES string of the molecule is Cc1nc(C(NN)C(F)(F)Cl)cs1. The number of hydrazine groups is 1. The molecular weight excluding hydrogens is 220 g/mol. The Kier molecular flexibility index (Phi) is 3.18. The Morgan fingerprint density at radius 3 is 2.69 bits per heavy atom. The molecule has 1 aromatic rings. The first-order valence-electron chi connectivity index (χ1n) is 3.40. The molecule has 3 nitrogen and oxygen atoms in total. The van der Waals surface area contributed by atoms with Crippen molar-refractivity contribution in [1.29, 1.82) is 0 Å². The summed E-state index contributed by atoms with van der Waals surface area (Å²) < 4.78 is 25.3. The molecular formula is C6H8ClF2N3S. The van der Waals surface area contributed by atoms with Crippen molar-refractivity contribution < 1.29 is 8.78 Å². The summed E-state index contributed by atoms with van der Waals surface area (Å²) >= 11 is 6.10. The minimum atomic E-state index is -3.44. The van der Waals surface area contributed by atoms with Crippen molar-refractivity contribution in [2.45, 2.75) is 18.3 Å². The zero-order valence-corrected chi connectivity index (χ0v) is 8.29. The molecule has 0 radical (unpaired) electrons. The maximum Gasteiger partial charge on any atom is 0.343 e. The number of nitrogens with zero attached hydrogens (tertiary/aromatic N) is 1. The van der Waals surface area contributed by atoms with Crippen molar-refractivity contribution in [1.82, 2.24) is 10.4 Å². The lowest BCUT2D eigenvalue weighted by Gasteiger charge is -2.18. The Balaban J connectivity index is 2.91. The van der Waals surface area contributed by atoms with Gasteiger partial charge in [-0.3, -0.25) is 5.84 Å². The largest absolute Gasteiger partial charge is 0.343 e. The third-order valence-corrected chi connectivity index (χ3v) is 2.44. The van der Waals surface area contributed by atoms with E-state index < -0.39 is 11.4 Å². The summed E-state index contributed by atoms with van der Waals surface area (Å²) in [5.41, 5.74) is 2.09. The highest BCUT2D eigenvalue weighted by Crippen LogP contribution is 2.34. The Labute approximate surface area is 82.9 Å². The molecule has 1 unspecified atom stereocenters. The average Bonchev–Trinajstić information content (AvgIpc) is 2.34. The smallest absolute Gasteiger partial charge is 0.271 e. The van der Waals surface area contributed by atoms with Gasteiger partial charge in [-0.1, -0.05) is 0 Å². The number of hydrogen-bond acceptors (Lipinski definition) is 4. The zero-order chi connectivity index (χ0) is 10.1. The second-order valence-corrected chi connectivity index (χ2v) is 4.00. The number of rotatable bonds is 3. The van der Waals surface area contributed by atoms with Crippen molar-refractivity contribution in [2.75, 3.05) is 0 Å². The number of aromatic nitrogens is 1. The Morgan fingerprint density at radius 2 is 2.38 bits per heavy atom. The molecule has 0 aliphatic rings. The summed E-state index contributed by atoms with van der Waals surface area (Å²) in [4.78, 5) is 3.86. The van der Waals surface area contributed by atoms with Gasteiger partial charge in [0.05, 0.1) is 10.7 Å². The van der Waals surface area contributed by atoms with Gasteiger partial charge in [-0.15, -0.1) is 11.3 Å². The van der Waals surface area contributed by atoms with E-state index in [1.807, 2.05) is 5.43 Å². The molecule has 7 heteroatoms. The highest BCUT2D eigenvalue weighted by molar-refractivity contribution is 7.09. The second kappa shape index (κ2) is 3.83. The van der Waals surface area contributed by atoms with Crippen molar-refractivity contribution in [3.05, 3.63) is 16.1 Å². The van der Waals surface area contributed by atoms with E-state index in [4.69, 9.17) is 17.4 Å². The molecule has 0 spiro atoms. The van der Waals surface area contributed by atoms with Gasteiger partial charge in [0.2, 0.25) is 0 Å². The maximum absolute atomic E-state index is 12.7. The fourth-order valence-electron chi connectivity index (χ4n) is 0.860. The van der Waals surface area contributed by atoms with E-state index in [1.54, 1.807) is 6.92 Å². The molecule has 0 bridgehead atoms. The summed E-state index contributed by atoms with van der Waals surface area (Å²) in [5.74, 6) is 4.95. The number of aryl methyl sites for hydroxylation is 1. The van der Waals surface area contributed by atoms with E-state index in [2.05, 4.69) is 4.98 Å². The lowest BCUT2D eigenvalue weighted by atomic mass is 10.2. The molecule has 1 heterocycles. The summed E-state index contributed by atoms with van der Waals surface area (Å²) in [6, 6.07) is -1.45. The summed E-state index contributed by atoms with van der Waals surface area (Å²) in [6.45, 7) is 1.72. The fraction of sp³-hybridized carbons (Fsp3) is 0.500. The van der Waals surface area contributed by atoms with Crippen LogP contribution in [0.25, 0.3) is 0 Å². The van der Waals surface area contributed by atoms with Crippen molar-refractivity contribution in [3.63, 3.8) is 0 Å². The predicted molar refractivity (Wildman–Crippen MR) is 47.7 cm³/mol. The van der Waals surface area contributed by atoms with Gasteiger partial charge in [0.25, 0.3) is 0 Å². The van der Waals surface area contributed by atoms with Crippen molar-refractivity contribution in [3.8, 4) is 0 Å². The van der Waals surface area contributed by atoms with Crippen LogP contribution in [0.1, 0.15) is 16.7 Å². The van der Waals surface area contributed by atoms with E-state index in [0.717, 1.165) is 0 Å². The molecule has 0 aliphatic carbocycles. The normalized spacial score (nSPS) is 14.5. The van der Waals surface area contributed by atoms with Gasteiger partial charge in [-0.2, -0.15) is 8.78 Å². The molecule has 1 atom stereocenters. The van der Waals surface area contributed by atoms with Crippen LogP contribution < -0.4 is 11.3 Å². The first kappa shape index (κ1) is 10.8. The van der Waals surface area contributed by atoms with Crippen LogP contribution in [0, 0.1) is 6.92 Å². The van der Waals surface area contributed by atoms with Gasteiger partial charge in [-0.25, -0.2) is 10.4 Å². The topological polar surface area (TPSA) is 50.9 Å². The second-order valence-electron chi connectivity index (χ2n) is 2.43. The highest BCUT2D eigenvalue weighted by atomic mass is 35.5. The van der Waals surface area contributed by atoms with Crippen LogP contribution in [0.15, 0.2) is 5.38 Å². The Morgan fingerprint density at radius 1 is 1.77 bits per heavy atom. The number of thiazole rings is 1. The molecule has 13 heavy (non-hydrogen) atoms. The molecule has 0 aliphatic heterocycles. The van der Waals surface area contributed by atoms with Crippen LogP contribution in [-0.2, 0) is 0 Å². The van der Waals surface area contributed by atoms with E-state index in [0.29, 0.717) is 5.01 Å². The van der Waals surface area contributed by atoms with Gasteiger partial charge < -0.3 is 0 Å². The van der Waals surface area contributed by atoms with Gasteiger partial charge in [0, 0.05) is 5.38 Å². The number of halogens is 3. The standard InChI is InChI=1S/C6H8ClF2N3S/c1-3-11-4(2-13-3)5(12-10)6(7,8)9/h2,5,12H,10H2,1H3. The van der Waals surface area contributed by atoms with Crippen LogP contribution in [0.4, 0.5) is 8.78 Å². The van der Waals surface area contributed by atoms with Crippen molar-refractivity contribution >= 4 is 22.9 Å². The summed E-state index contributed by atoms with van der Waals surface area (Å²) in [7, 11) is 0. The molecule has 0 saturated carbocycles. The van der Waals surface area contributed by atoms with Gasteiger partial charge in [0.15, 0.2) is 0 Å². The molecule has 0 saturated heterocycles. The monoisotopic (exact) mass is 227 g/mol. The Hall–Kier alpha value is -0.300. The first-order valence-corrected chi connectivity index (χ1v) is 4.65. The number of alkyl halides is 3. The maximum atomic E-state index is 12.7. The van der Waals surface area contributed by atoms with E-state index in [9.17, 15) is 8.78 Å². The molecule has 1 aromatic heterocycles. The first-order chi connectivity index (χ1) is 5.95. The number of hydrogen-bond donors (Lipinski definition) is 2. The number of nitrogens with one attached hydrogen (secondary N) is 1. The molecule has 74 valence electrons. The van der Waals surface area contributed by atoms with Crippen LogP contribution in [0.3, 0.4) is 0 Å². The molecule has 0 amide bonds. The van der Waals surface area contributed by atoms with Gasteiger partial charge in [0.1, 0.15) is 6.04 Å². The van der Waals surface area contributed by atoms with Crippen LogP contribution in [0.2, 0.25) is 0 Å². The third kappa shape index (κ3) is 2.57. The van der Waals surface area contributed by atoms with Crippen LogP contribution in [0.5, 0.6) is 0 Å². The Bertz CT molecular complexity index is 286. The van der Waals surface area contributed by atoms with E-state index >= 15 is 0 Å². The minimum Gasteiger partial charge on any atom is -0.271 e. The van der Waals surface area contributed by atoms with Crippen LogP contribution >= 0.6 is 22.9 Å². The van der Waals surface area contributed by atoms with E-state index in [-0.39, 0.29) is 5.69 Å². The number of nitrogens with two attached hydrogens (primary N) is 1. The summed E-state index contributed by atoms with van der Waals surface area (Å²) in [6.07, 6.45) is 0. The van der Waals surface area contributed by atoms with Gasteiger partial charge >= 0.3 is 5.38 Å². The lowest BCUT2D eigenvalue weighted by Crippen LogP contribution is -2.38. The highest BCUT2D eigenvalue weighted by Gasteiger charge is 2.39. The van der Waals surface area contributed by atoms with Gasteiger partial charge in [-0.05, 0) is 18.5 Å². The lowest BCUT2D eigenvalue weighted by molar-refractivity contribution is 0.0483. The fourth-order valence-corrected chi connectivity index (χ4v) is 1.67. The third-order valence-electron chi connectivity index (χ3n) is 1.43. The quantitative estimate of drug-likeness (QED) is 0.470. The molecule has 3 N–H and O–H groups in total. The zero-order valence-electron chi connectivity index (χ0n) is 6.72. The average molecular weight is 228 g/mol. The predicted octanol–water partition coefficient (Wildman–Crippen LogP) is 1.79. The van der Waals surface area contributed by atoms with Crippen LogP contribution in [-0.4, -0.2) is 10.4 Å².